The van der Waals surface area contributed by atoms with E-state index >= 15 is 0 Å². The first-order chi connectivity index (χ1) is 10.5. The molecule has 0 heterocycles. The van der Waals surface area contributed by atoms with E-state index in [1.807, 2.05) is 18.2 Å². The first kappa shape index (κ1) is 16.4. The Kier molecular flexibility index (Phi) is 5.44. The van der Waals surface area contributed by atoms with Crippen LogP contribution in [0.4, 0.5) is 11.4 Å². The first-order valence-electron chi connectivity index (χ1n) is 7.44. The molecule has 2 aromatic rings. The second-order valence-electron chi connectivity index (χ2n) is 5.18. The maximum absolute atomic E-state index is 12.4. The van der Waals surface area contributed by atoms with Gasteiger partial charge in [-0.15, -0.1) is 0 Å². The van der Waals surface area contributed by atoms with E-state index in [9.17, 15) is 8.42 Å². The fourth-order valence-electron chi connectivity index (χ4n) is 2.17. The Hall–Kier alpha value is -2.01. The minimum atomic E-state index is -3.55. The topological polar surface area (TPSA) is 58.2 Å². The maximum Gasteiger partial charge on any atom is 0.261 e. The summed E-state index contributed by atoms with van der Waals surface area (Å²) in [4.78, 5) is 0.280. The molecule has 2 N–H and O–H groups in total. The Bertz CT molecular complexity index is 710. The van der Waals surface area contributed by atoms with E-state index in [-0.39, 0.29) is 4.90 Å². The normalized spacial score (nSPS) is 11.2. The van der Waals surface area contributed by atoms with Gasteiger partial charge in [-0.1, -0.05) is 31.5 Å². The molecule has 118 valence electrons. The predicted octanol–water partition coefficient (Wildman–Crippen LogP) is 3.87. The van der Waals surface area contributed by atoms with E-state index in [1.54, 1.807) is 37.4 Å². The molecule has 0 fully saturated rings. The SMILES string of the molecule is CCCCc1ccc(S(=O)(=O)Nc2cccc(NC)c2)cc1. The number of anilines is 2. The van der Waals surface area contributed by atoms with Gasteiger partial charge in [-0.05, 0) is 48.7 Å². The number of rotatable bonds is 7. The maximum atomic E-state index is 12.4. The Morgan fingerprint density at radius 2 is 1.68 bits per heavy atom. The van der Waals surface area contributed by atoms with E-state index in [2.05, 4.69) is 17.0 Å². The number of aryl methyl sites for hydroxylation is 1. The number of hydrogen-bond acceptors (Lipinski definition) is 3. The zero-order chi connectivity index (χ0) is 16.0. The summed E-state index contributed by atoms with van der Waals surface area (Å²) in [6, 6.07) is 14.3. The quantitative estimate of drug-likeness (QED) is 0.814. The van der Waals surface area contributed by atoms with Crippen LogP contribution in [0.25, 0.3) is 0 Å². The third-order valence-corrected chi connectivity index (χ3v) is 4.85. The lowest BCUT2D eigenvalue weighted by atomic mass is 10.1. The molecule has 0 spiro atoms. The van der Waals surface area contributed by atoms with Crippen molar-refractivity contribution in [3.05, 3.63) is 54.1 Å². The van der Waals surface area contributed by atoms with Crippen LogP contribution in [0, 0.1) is 0 Å². The molecule has 0 aliphatic heterocycles. The summed E-state index contributed by atoms with van der Waals surface area (Å²) in [6.45, 7) is 2.14. The summed E-state index contributed by atoms with van der Waals surface area (Å²) in [5.74, 6) is 0. The Morgan fingerprint density at radius 1 is 1.00 bits per heavy atom. The molecule has 0 atom stereocenters. The highest BCUT2D eigenvalue weighted by molar-refractivity contribution is 7.92. The fraction of sp³-hybridized carbons (Fsp3) is 0.294. The second-order valence-corrected chi connectivity index (χ2v) is 6.87. The average Bonchev–Trinajstić information content (AvgIpc) is 2.53. The van der Waals surface area contributed by atoms with Gasteiger partial charge in [0, 0.05) is 12.7 Å². The summed E-state index contributed by atoms with van der Waals surface area (Å²) >= 11 is 0. The van der Waals surface area contributed by atoms with Crippen molar-refractivity contribution < 1.29 is 8.42 Å². The van der Waals surface area contributed by atoms with Crippen molar-refractivity contribution in [2.75, 3.05) is 17.1 Å². The monoisotopic (exact) mass is 318 g/mol. The molecule has 0 aromatic heterocycles. The number of sulfonamides is 1. The van der Waals surface area contributed by atoms with Crippen molar-refractivity contribution in [2.24, 2.45) is 0 Å². The molecule has 0 aliphatic rings. The minimum Gasteiger partial charge on any atom is -0.388 e. The van der Waals surface area contributed by atoms with Gasteiger partial charge < -0.3 is 5.32 Å². The van der Waals surface area contributed by atoms with Crippen molar-refractivity contribution in [2.45, 2.75) is 31.1 Å². The van der Waals surface area contributed by atoms with Crippen LogP contribution in [0.2, 0.25) is 0 Å². The van der Waals surface area contributed by atoms with Gasteiger partial charge >= 0.3 is 0 Å². The van der Waals surface area contributed by atoms with Crippen LogP contribution in [0.5, 0.6) is 0 Å². The fourth-order valence-corrected chi connectivity index (χ4v) is 3.22. The molecule has 0 radical (unpaired) electrons. The third-order valence-electron chi connectivity index (χ3n) is 3.46. The van der Waals surface area contributed by atoms with Gasteiger partial charge in [0.1, 0.15) is 0 Å². The van der Waals surface area contributed by atoms with Crippen molar-refractivity contribution >= 4 is 21.4 Å². The molecule has 0 saturated heterocycles. The van der Waals surface area contributed by atoms with E-state index < -0.39 is 10.0 Å². The average molecular weight is 318 g/mol. The number of nitrogens with one attached hydrogen (secondary N) is 2. The largest absolute Gasteiger partial charge is 0.388 e. The van der Waals surface area contributed by atoms with Crippen LogP contribution in [0.3, 0.4) is 0 Å². The highest BCUT2D eigenvalue weighted by Gasteiger charge is 2.14. The van der Waals surface area contributed by atoms with Crippen LogP contribution >= 0.6 is 0 Å². The Balaban J connectivity index is 2.15. The van der Waals surface area contributed by atoms with Crippen molar-refractivity contribution in [3.8, 4) is 0 Å². The molecule has 0 aliphatic carbocycles. The minimum absolute atomic E-state index is 0.280. The Morgan fingerprint density at radius 3 is 2.32 bits per heavy atom. The second kappa shape index (κ2) is 7.31. The van der Waals surface area contributed by atoms with Crippen LogP contribution < -0.4 is 10.0 Å². The Labute approximate surface area is 132 Å². The van der Waals surface area contributed by atoms with Crippen molar-refractivity contribution in [3.63, 3.8) is 0 Å². The van der Waals surface area contributed by atoms with Gasteiger partial charge in [-0.25, -0.2) is 8.42 Å². The molecule has 0 saturated carbocycles. The lowest BCUT2D eigenvalue weighted by molar-refractivity contribution is 0.601. The lowest BCUT2D eigenvalue weighted by Gasteiger charge is -2.10. The summed E-state index contributed by atoms with van der Waals surface area (Å²) in [6.07, 6.45) is 3.22. The number of benzene rings is 2. The molecule has 0 bridgehead atoms. The first-order valence-corrected chi connectivity index (χ1v) is 8.93. The highest BCUT2D eigenvalue weighted by atomic mass is 32.2. The van der Waals surface area contributed by atoms with E-state index in [4.69, 9.17) is 0 Å². The van der Waals surface area contributed by atoms with Gasteiger partial charge in [0.15, 0.2) is 0 Å². The zero-order valence-corrected chi connectivity index (χ0v) is 13.8. The third kappa shape index (κ3) is 4.24. The van der Waals surface area contributed by atoms with Gasteiger partial charge in [0.2, 0.25) is 0 Å². The smallest absolute Gasteiger partial charge is 0.261 e. The summed E-state index contributed by atoms with van der Waals surface area (Å²) < 4.78 is 27.4. The summed E-state index contributed by atoms with van der Waals surface area (Å²) in [7, 11) is -1.76. The molecule has 0 unspecified atom stereocenters. The number of unbranched alkanes of at least 4 members (excludes halogenated alkanes) is 1. The van der Waals surface area contributed by atoms with Gasteiger partial charge in [0.05, 0.1) is 10.6 Å². The zero-order valence-electron chi connectivity index (χ0n) is 13.0. The molecule has 2 aromatic carbocycles. The molecule has 2 rings (SSSR count). The lowest BCUT2D eigenvalue weighted by Crippen LogP contribution is -2.13. The van der Waals surface area contributed by atoms with Gasteiger partial charge in [0.25, 0.3) is 10.0 Å². The standard InChI is InChI=1S/C17H22N2O2S/c1-3-4-6-14-9-11-17(12-10-14)22(20,21)19-16-8-5-7-15(13-16)18-2/h5,7-13,18-19H,3-4,6H2,1-2H3. The van der Waals surface area contributed by atoms with Crippen LogP contribution in [-0.4, -0.2) is 15.5 Å². The van der Waals surface area contributed by atoms with E-state index in [1.165, 1.54) is 0 Å². The van der Waals surface area contributed by atoms with Crippen molar-refractivity contribution in [1.82, 2.24) is 0 Å². The highest BCUT2D eigenvalue weighted by Crippen LogP contribution is 2.20. The van der Waals surface area contributed by atoms with E-state index in [0.717, 1.165) is 30.5 Å². The summed E-state index contributed by atoms with van der Waals surface area (Å²) in [5, 5.41) is 2.99. The molecular weight excluding hydrogens is 296 g/mol. The number of hydrogen-bond donors (Lipinski definition) is 2. The van der Waals surface area contributed by atoms with Crippen LogP contribution in [0.1, 0.15) is 25.3 Å². The van der Waals surface area contributed by atoms with Gasteiger partial charge in [-0.2, -0.15) is 0 Å². The molecule has 5 heteroatoms. The molecule has 22 heavy (non-hydrogen) atoms. The molecule has 0 amide bonds. The summed E-state index contributed by atoms with van der Waals surface area (Å²) in [5.41, 5.74) is 2.56. The van der Waals surface area contributed by atoms with Crippen molar-refractivity contribution in [1.29, 1.82) is 0 Å². The molecule has 4 nitrogen and oxygen atoms in total. The van der Waals surface area contributed by atoms with Crippen LogP contribution in [-0.2, 0) is 16.4 Å². The van der Waals surface area contributed by atoms with E-state index in [0.29, 0.717) is 5.69 Å². The van der Waals surface area contributed by atoms with Crippen LogP contribution in [0.15, 0.2) is 53.4 Å². The predicted molar refractivity (Wildman–Crippen MR) is 91.9 cm³/mol. The van der Waals surface area contributed by atoms with Gasteiger partial charge in [-0.3, -0.25) is 4.72 Å². The molecular formula is C17H22N2O2S.